The zero-order valence-electron chi connectivity index (χ0n) is 18.1. The standard InChI is InChI=1S/C23H27F2N5O2/c1-15-6-8-16(9-7-15)32-20-14-19(27-23(28-20)29-10-12-31-13-11-29)30-18-5-3-2-4-17(18)26-22(30)21(24)25/h2-5,14-16,21H,6-13H2,1H3. The number of benzene rings is 1. The number of para-hydroxylation sites is 2. The van der Waals surface area contributed by atoms with E-state index in [1.54, 1.807) is 30.3 Å². The Balaban J connectivity index is 1.58. The zero-order chi connectivity index (χ0) is 22.1. The molecule has 0 N–H and O–H groups in total. The van der Waals surface area contributed by atoms with Crippen LogP contribution in [0, 0.1) is 5.92 Å². The predicted octanol–water partition coefficient (Wildman–Crippen LogP) is 4.55. The number of halogens is 2. The van der Waals surface area contributed by atoms with Crippen LogP contribution in [0.4, 0.5) is 14.7 Å². The van der Waals surface area contributed by atoms with Gasteiger partial charge in [0.2, 0.25) is 11.8 Å². The second-order valence-electron chi connectivity index (χ2n) is 8.56. The summed E-state index contributed by atoms with van der Waals surface area (Å²) in [6.07, 6.45) is 1.48. The third kappa shape index (κ3) is 4.26. The highest BCUT2D eigenvalue weighted by Crippen LogP contribution is 2.31. The van der Waals surface area contributed by atoms with Crippen LogP contribution in [0.2, 0.25) is 0 Å². The van der Waals surface area contributed by atoms with Gasteiger partial charge in [-0.1, -0.05) is 19.1 Å². The van der Waals surface area contributed by atoms with Crippen LogP contribution in [-0.4, -0.2) is 51.9 Å². The number of fused-ring (bicyclic) bond motifs is 1. The molecule has 0 unspecified atom stereocenters. The topological polar surface area (TPSA) is 65.3 Å². The molecule has 3 aromatic rings. The molecular formula is C23H27F2N5O2. The lowest BCUT2D eigenvalue weighted by atomic mass is 9.89. The summed E-state index contributed by atoms with van der Waals surface area (Å²) >= 11 is 0. The summed E-state index contributed by atoms with van der Waals surface area (Å²) in [4.78, 5) is 15.5. The highest BCUT2D eigenvalue weighted by atomic mass is 19.3. The van der Waals surface area contributed by atoms with E-state index in [2.05, 4.69) is 21.9 Å². The van der Waals surface area contributed by atoms with Gasteiger partial charge in [-0.05, 0) is 43.7 Å². The van der Waals surface area contributed by atoms with Gasteiger partial charge < -0.3 is 14.4 Å². The molecular weight excluding hydrogens is 416 g/mol. The van der Waals surface area contributed by atoms with Crippen molar-refractivity contribution in [3.63, 3.8) is 0 Å². The van der Waals surface area contributed by atoms with Gasteiger partial charge in [-0.15, -0.1) is 0 Å². The van der Waals surface area contributed by atoms with Crippen LogP contribution in [-0.2, 0) is 4.74 Å². The fourth-order valence-corrected chi connectivity index (χ4v) is 4.43. The number of alkyl halides is 2. The third-order valence-electron chi connectivity index (χ3n) is 6.23. The van der Waals surface area contributed by atoms with E-state index in [0.29, 0.717) is 60.9 Å². The van der Waals surface area contributed by atoms with Crippen molar-refractivity contribution < 1.29 is 18.3 Å². The van der Waals surface area contributed by atoms with Crippen molar-refractivity contribution in [2.75, 3.05) is 31.2 Å². The molecule has 0 bridgehead atoms. The van der Waals surface area contributed by atoms with E-state index >= 15 is 0 Å². The van der Waals surface area contributed by atoms with Crippen molar-refractivity contribution in [3.05, 3.63) is 36.2 Å². The Bertz CT molecular complexity index is 1080. The van der Waals surface area contributed by atoms with Gasteiger partial charge in [-0.2, -0.15) is 9.97 Å². The summed E-state index contributed by atoms with van der Waals surface area (Å²) in [6, 6.07) is 8.74. The number of ether oxygens (including phenoxy) is 2. The number of hydrogen-bond donors (Lipinski definition) is 0. The van der Waals surface area contributed by atoms with Crippen LogP contribution < -0.4 is 9.64 Å². The van der Waals surface area contributed by atoms with E-state index in [9.17, 15) is 8.78 Å². The third-order valence-corrected chi connectivity index (χ3v) is 6.23. The number of hydrogen-bond acceptors (Lipinski definition) is 6. The average molecular weight is 443 g/mol. The lowest BCUT2D eigenvalue weighted by molar-refractivity contribution is 0.120. The summed E-state index contributed by atoms with van der Waals surface area (Å²) < 4.78 is 41.0. The number of imidazole rings is 1. The van der Waals surface area contributed by atoms with Crippen molar-refractivity contribution in [3.8, 4) is 11.7 Å². The second-order valence-corrected chi connectivity index (χ2v) is 8.56. The van der Waals surface area contributed by atoms with Gasteiger partial charge in [0.15, 0.2) is 5.82 Å². The molecule has 1 aliphatic heterocycles. The molecule has 1 saturated heterocycles. The number of anilines is 1. The largest absolute Gasteiger partial charge is 0.474 e. The zero-order valence-corrected chi connectivity index (χ0v) is 18.1. The lowest BCUT2D eigenvalue weighted by Crippen LogP contribution is -2.37. The van der Waals surface area contributed by atoms with Crippen LogP contribution in [0.1, 0.15) is 44.9 Å². The molecule has 9 heteroatoms. The molecule has 0 atom stereocenters. The highest BCUT2D eigenvalue weighted by molar-refractivity contribution is 5.78. The first kappa shape index (κ1) is 21.1. The molecule has 1 aliphatic carbocycles. The van der Waals surface area contributed by atoms with Crippen LogP contribution in [0.15, 0.2) is 30.3 Å². The second kappa shape index (κ2) is 8.97. The van der Waals surface area contributed by atoms with Gasteiger partial charge in [0.1, 0.15) is 11.9 Å². The van der Waals surface area contributed by atoms with E-state index < -0.39 is 6.43 Å². The van der Waals surface area contributed by atoms with E-state index in [-0.39, 0.29) is 11.9 Å². The molecule has 1 saturated carbocycles. The Morgan fingerprint density at radius 1 is 1.03 bits per heavy atom. The van der Waals surface area contributed by atoms with Crippen molar-refractivity contribution in [1.29, 1.82) is 0 Å². The minimum absolute atomic E-state index is 0.0700. The van der Waals surface area contributed by atoms with Crippen molar-refractivity contribution in [2.45, 2.75) is 45.1 Å². The molecule has 0 amide bonds. The SMILES string of the molecule is CC1CCC(Oc2cc(-n3c(C(F)F)nc4ccccc43)nc(N3CCOCC3)n2)CC1. The number of morpholine rings is 1. The molecule has 0 radical (unpaired) electrons. The number of rotatable bonds is 5. The van der Waals surface area contributed by atoms with Gasteiger partial charge in [0.05, 0.1) is 24.2 Å². The van der Waals surface area contributed by atoms with E-state index in [0.717, 1.165) is 25.7 Å². The van der Waals surface area contributed by atoms with Gasteiger partial charge in [0.25, 0.3) is 6.43 Å². The van der Waals surface area contributed by atoms with Crippen LogP contribution >= 0.6 is 0 Å². The van der Waals surface area contributed by atoms with Gasteiger partial charge in [0, 0.05) is 19.2 Å². The van der Waals surface area contributed by atoms with Gasteiger partial charge in [-0.25, -0.2) is 13.8 Å². The van der Waals surface area contributed by atoms with E-state index in [1.807, 2.05) is 4.90 Å². The van der Waals surface area contributed by atoms with Gasteiger partial charge >= 0.3 is 0 Å². The summed E-state index contributed by atoms with van der Waals surface area (Å²) in [5, 5.41) is 0. The first-order chi connectivity index (χ1) is 15.6. The van der Waals surface area contributed by atoms with Crippen molar-refractivity contribution in [1.82, 2.24) is 19.5 Å². The maximum absolute atomic E-state index is 13.9. The molecule has 0 spiro atoms. The Kier molecular flexibility index (Phi) is 5.91. The number of nitrogens with zero attached hydrogens (tertiary/aromatic N) is 5. The smallest absolute Gasteiger partial charge is 0.296 e. The van der Waals surface area contributed by atoms with Crippen LogP contribution in [0.5, 0.6) is 5.88 Å². The summed E-state index contributed by atoms with van der Waals surface area (Å²) in [6.45, 7) is 4.67. The summed E-state index contributed by atoms with van der Waals surface area (Å²) in [5.74, 6) is 1.57. The Labute approximate surface area is 185 Å². The molecule has 5 rings (SSSR count). The highest BCUT2D eigenvalue weighted by Gasteiger charge is 2.25. The van der Waals surface area contributed by atoms with E-state index in [4.69, 9.17) is 9.47 Å². The van der Waals surface area contributed by atoms with Gasteiger partial charge in [-0.3, -0.25) is 4.57 Å². The van der Waals surface area contributed by atoms with E-state index in [1.165, 1.54) is 4.57 Å². The summed E-state index contributed by atoms with van der Waals surface area (Å²) in [7, 11) is 0. The normalized spacial score (nSPS) is 21.9. The lowest BCUT2D eigenvalue weighted by Gasteiger charge is -2.29. The Morgan fingerprint density at radius 2 is 1.78 bits per heavy atom. The first-order valence-electron chi connectivity index (χ1n) is 11.2. The van der Waals surface area contributed by atoms with Crippen molar-refractivity contribution >= 4 is 17.0 Å². The molecule has 3 heterocycles. The maximum atomic E-state index is 13.9. The first-order valence-corrected chi connectivity index (χ1v) is 11.2. The molecule has 32 heavy (non-hydrogen) atoms. The van der Waals surface area contributed by atoms with Crippen LogP contribution in [0.3, 0.4) is 0 Å². The minimum atomic E-state index is -2.74. The molecule has 170 valence electrons. The molecule has 1 aromatic carbocycles. The minimum Gasteiger partial charge on any atom is -0.474 e. The van der Waals surface area contributed by atoms with Crippen molar-refractivity contribution in [2.24, 2.45) is 5.92 Å². The molecule has 2 aromatic heterocycles. The average Bonchev–Trinajstić information content (AvgIpc) is 3.21. The Morgan fingerprint density at radius 3 is 2.53 bits per heavy atom. The fourth-order valence-electron chi connectivity index (χ4n) is 4.43. The Hall–Kier alpha value is -2.81. The molecule has 2 aliphatic rings. The number of aromatic nitrogens is 4. The summed E-state index contributed by atoms with van der Waals surface area (Å²) in [5.41, 5.74) is 1.07. The predicted molar refractivity (Wildman–Crippen MR) is 117 cm³/mol. The fraction of sp³-hybridized carbons (Fsp3) is 0.522. The molecule has 7 nitrogen and oxygen atoms in total. The molecule has 2 fully saturated rings. The monoisotopic (exact) mass is 443 g/mol. The van der Waals surface area contributed by atoms with Crippen LogP contribution in [0.25, 0.3) is 16.9 Å². The quantitative estimate of drug-likeness (QED) is 0.577. The maximum Gasteiger partial charge on any atom is 0.296 e.